The highest BCUT2D eigenvalue weighted by molar-refractivity contribution is 9.10. The van der Waals surface area contributed by atoms with Crippen LogP contribution in [0.2, 0.25) is 0 Å². The first-order valence-electron chi connectivity index (χ1n) is 5.24. The molecule has 2 aromatic carbocycles. The van der Waals surface area contributed by atoms with Gasteiger partial charge in [-0.1, -0.05) is 52.3 Å². The van der Waals surface area contributed by atoms with Crippen LogP contribution < -0.4 is 0 Å². The number of halogens is 1. The van der Waals surface area contributed by atoms with Gasteiger partial charge in [0.2, 0.25) is 0 Å². The van der Waals surface area contributed by atoms with Crippen molar-refractivity contribution in [2.75, 3.05) is 0 Å². The monoisotopic (exact) mass is 283 g/mol. The maximum absolute atomic E-state index is 4.27. The van der Waals surface area contributed by atoms with Gasteiger partial charge >= 0.3 is 0 Å². The van der Waals surface area contributed by atoms with E-state index in [-0.39, 0.29) is 0 Å². The molecule has 2 nitrogen and oxygen atoms in total. The first-order valence-corrected chi connectivity index (χ1v) is 6.03. The first kappa shape index (κ1) is 10.4. The van der Waals surface area contributed by atoms with E-state index in [0.717, 1.165) is 26.6 Å². The molecular weight excluding hydrogens is 276 g/mol. The Hall–Kier alpha value is -1.74. The second-order valence-corrected chi connectivity index (χ2v) is 4.52. The molecule has 1 heterocycles. The zero-order valence-electron chi connectivity index (χ0n) is 8.89. The Kier molecular flexibility index (Phi) is 2.61. The SMILES string of the molecule is Brc1ccccc1-c1n[c]nc2ccccc12. The quantitative estimate of drug-likeness (QED) is 0.678. The highest BCUT2D eigenvalue weighted by Crippen LogP contribution is 2.30. The van der Waals surface area contributed by atoms with Crippen LogP contribution in [-0.2, 0) is 0 Å². The normalized spacial score (nSPS) is 10.6. The molecule has 81 valence electrons. The summed E-state index contributed by atoms with van der Waals surface area (Å²) in [6.45, 7) is 0. The zero-order chi connectivity index (χ0) is 11.7. The van der Waals surface area contributed by atoms with Gasteiger partial charge in [0.25, 0.3) is 0 Å². The molecule has 1 radical (unpaired) electrons. The van der Waals surface area contributed by atoms with Crippen LogP contribution in [0.4, 0.5) is 0 Å². The summed E-state index contributed by atoms with van der Waals surface area (Å²) < 4.78 is 1.03. The van der Waals surface area contributed by atoms with E-state index in [2.05, 4.69) is 32.2 Å². The van der Waals surface area contributed by atoms with Gasteiger partial charge in [-0.3, -0.25) is 0 Å². The molecule has 3 heteroatoms. The third-order valence-corrected chi connectivity index (χ3v) is 3.31. The highest BCUT2D eigenvalue weighted by Gasteiger charge is 2.08. The predicted octanol–water partition coefficient (Wildman–Crippen LogP) is 3.86. The van der Waals surface area contributed by atoms with E-state index >= 15 is 0 Å². The number of fused-ring (bicyclic) bond motifs is 1. The van der Waals surface area contributed by atoms with E-state index in [1.165, 1.54) is 0 Å². The number of rotatable bonds is 1. The van der Waals surface area contributed by atoms with E-state index in [4.69, 9.17) is 0 Å². The molecule has 3 aromatic rings. The summed E-state index contributed by atoms with van der Waals surface area (Å²) in [5.74, 6) is 0. The summed E-state index contributed by atoms with van der Waals surface area (Å²) in [7, 11) is 0. The largest absolute Gasteiger partial charge is 0.225 e. The van der Waals surface area contributed by atoms with Crippen LogP contribution in [0.25, 0.3) is 22.2 Å². The van der Waals surface area contributed by atoms with Gasteiger partial charge < -0.3 is 0 Å². The summed E-state index contributed by atoms with van der Waals surface area (Å²) in [5, 5.41) is 1.04. The predicted molar refractivity (Wildman–Crippen MR) is 71.5 cm³/mol. The standard InChI is InChI=1S/C14H8BrN2/c15-12-7-3-1-5-10(12)14-11-6-2-4-8-13(11)16-9-17-14/h1-8H. The lowest BCUT2D eigenvalue weighted by molar-refractivity contribution is 1.20. The molecule has 0 N–H and O–H groups in total. The Morgan fingerprint density at radius 1 is 0.882 bits per heavy atom. The average Bonchev–Trinajstić information content (AvgIpc) is 2.39. The van der Waals surface area contributed by atoms with E-state index < -0.39 is 0 Å². The van der Waals surface area contributed by atoms with Crippen molar-refractivity contribution >= 4 is 26.8 Å². The molecule has 0 spiro atoms. The minimum absolute atomic E-state index is 0.906. The molecule has 0 aliphatic heterocycles. The van der Waals surface area contributed by atoms with Crippen molar-refractivity contribution < 1.29 is 0 Å². The molecule has 0 fully saturated rings. The first-order chi connectivity index (χ1) is 8.36. The van der Waals surface area contributed by atoms with E-state index in [9.17, 15) is 0 Å². The second kappa shape index (κ2) is 4.26. The van der Waals surface area contributed by atoms with Crippen molar-refractivity contribution in [3.8, 4) is 11.3 Å². The lowest BCUT2D eigenvalue weighted by Gasteiger charge is -2.06. The molecule has 0 saturated heterocycles. The van der Waals surface area contributed by atoms with Gasteiger partial charge in [-0.2, -0.15) is 0 Å². The summed E-state index contributed by atoms with van der Waals surface area (Å²) in [6.07, 6.45) is 2.71. The minimum atomic E-state index is 0.906. The van der Waals surface area contributed by atoms with Crippen LogP contribution in [0.1, 0.15) is 0 Å². The fourth-order valence-electron chi connectivity index (χ4n) is 1.82. The number of nitrogens with zero attached hydrogens (tertiary/aromatic N) is 2. The van der Waals surface area contributed by atoms with Crippen molar-refractivity contribution in [3.05, 3.63) is 59.3 Å². The Bertz CT molecular complexity index is 674. The molecule has 0 aliphatic rings. The molecule has 1 aromatic heterocycles. The Labute approximate surface area is 107 Å². The van der Waals surface area contributed by atoms with Gasteiger partial charge in [0.05, 0.1) is 11.2 Å². The van der Waals surface area contributed by atoms with Gasteiger partial charge in [-0.05, 0) is 12.1 Å². The van der Waals surface area contributed by atoms with Crippen LogP contribution in [-0.4, -0.2) is 9.97 Å². The Balaban J connectivity index is 2.35. The smallest absolute Gasteiger partial charge is 0.198 e. The molecule has 0 unspecified atom stereocenters. The number of aromatic nitrogens is 2. The van der Waals surface area contributed by atoms with Gasteiger partial charge in [-0.15, -0.1) is 0 Å². The van der Waals surface area contributed by atoms with Gasteiger partial charge in [-0.25, -0.2) is 9.97 Å². The van der Waals surface area contributed by atoms with Gasteiger partial charge in [0.15, 0.2) is 6.33 Å². The minimum Gasteiger partial charge on any atom is -0.225 e. The molecule has 0 saturated carbocycles. The van der Waals surface area contributed by atoms with Gasteiger partial charge in [0, 0.05) is 15.4 Å². The second-order valence-electron chi connectivity index (χ2n) is 3.67. The maximum atomic E-state index is 4.27. The lowest BCUT2D eigenvalue weighted by Crippen LogP contribution is -1.89. The Morgan fingerprint density at radius 3 is 2.53 bits per heavy atom. The van der Waals surface area contributed by atoms with E-state index in [0.29, 0.717) is 0 Å². The molecule has 0 amide bonds. The molecule has 0 bridgehead atoms. The molecule has 0 aliphatic carbocycles. The van der Waals surface area contributed by atoms with Crippen molar-refractivity contribution in [2.45, 2.75) is 0 Å². The van der Waals surface area contributed by atoms with Crippen LogP contribution in [0.3, 0.4) is 0 Å². The Morgan fingerprint density at radius 2 is 1.65 bits per heavy atom. The van der Waals surface area contributed by atoms with Crippen LogP contribution >= 0.6 is 15.9 Å². The zero-order valence-corrected chi connectivity index (χ0v) is 10.5. The van der Waals surface area contributed by atoms with E-state index in [1.807, 2.05) is 48.5 Å². The van der Waals surface area contributed by atoms with Crippen LogP contribution in [0.15, 0.2) is 53.0 Å². The fraction of sp³-hybridized carbons (Fsp3) is 0. The third-order valence-electron chi connectivity index (χ3n) is 2.62. The summed E-state index contributed by atoms with van der Waals surface area (Å²) in [4.78, 5) is 8.42. The maximum Gasteiger partial charge on any atom is 0.198 e. The number of para-hydroxylation sites is 1. The van der Waals surface area contributed by atoms with Crippen molar-refractivity contribution in [1.29, 1.82) is 0 Å². The van der Waals surface area contributed by atoms with Crippen LogP contribution in [0, 0.1) is 6.33 Å². The van der Waals surface area contributed by atoms with Crippen molar-refractivity contribution in [2.24, 2.45) is 0 Å². The number of hydrogen-bond acceptors (Lipinski definition) is 2. The molecule has 0 atom stereocenters. The van der Waals surface area contributed by atoms with Crippen molar-refractivity contribution in [1.82, 2.24) is 9.97 Å². The summed E-state index contributed by atoms with van der Waals surface area (Å²) in [5.41, 5.74) is 2.87. The number of hydrogen-bond donors (Lipinski definition) is 0. The topological polar surface area (TPSA) is 25.8 Å². The fourth-order valence-corrected chi connectivity index (χ4v) is 2.29. The van der Waals surface area contributed by atoms with Crippen LogP contribution in [0.5, 0.6) is 0 Å². The third kappa shape index (κ3) is 1.83. The number of benzene rings is 2. The average molecular weight is 284 g/mol. The highest BCUT2D eigenvalue weighted by atomic mass is 79.9. The summed E-state index contributed by atoms with van der Waals surface area (Å²) in [6, 6.07) is 16.0. The lowest BCUT2D eigenvalue weighted by atomic mass is 10.1. The van der Waals surface area contributed by atoms with Gasteiger partial charge in [0.1, 0.15) is 0 Å². The molecule has 3 rings (SSSR count). The molecular formula is C14H8BrN2. The van der Waals surface area contributed by atoms with E-state index in [1.54, 1.807) is 0 Å². The summed E-state index contributed by atoms with van der Waals surface area (Å²) >= 11 is 3.54. The molecule has 17 heavy (non-hydrogen) atoms. The van der Waals surface area contributed by atoms with Crippen molar-refractivity contribution in [3.63, 3.8) is 0 Å².